The molecule has 8 N–H and O–H groups in total. The van der Waals surface area contributed by atoms with Crippen LogP contribution in [0.15, 0.2) is 47.4 Å². The molecule has 1 aromatic heterocycles. The highest BCUT2D eigenvalue weighted by molar-refractivity contribution is 7.54. The summed E-state index contributed by atoms with van der Waals surface area (Å²) in [7, 11) is -10.6. The molecule has 0 spiro atoms. The van der Waals surface area contributed by atoms with E-state index in [2.05, 4.69) is 4.98 Å². The quantitative estimate of drug-likeness (QED) is 0.161. The molecule has 2 aliphatic rings. The minimum absolute atomic E-state index is 0.0981. The highest BCUT2D eigenvalue weighted by Crippen LogP contribution is 2.56. The summed E-state index contributed by atoms with van der Waals surface area (Å²) in [6.07, 6.45) is -9.55. The predicted octanol–water partition coefficient (Wildman–Crippen LogP) is -0.727. The van der Waals surface area contributed by atoms with E-state index >= 15 is 0 Å². The normalized spacial score (nSPS) is 32.8. The van der Waals surface area contributed by atoms with Gasteiger partial charge in [0.2, 0.25) is 6.29 Å². The first-order chi connectivity index (χ1) is 19.2. The maximum atomic E-state index is 12.8. The monoisotopic (exact) mass is 623 g/mol. The Morgan fingerprint density at radius 2 is 1.78 bits per heavy atom. The smallest absolute Gasteiger partial charge is 0.465 e. The summed E-state index contributed by atoms with van der Waals surface area (Å²) in [5.74, 6) is -2.77. The van der Waals surface area contributed by atoms with Crippen molar-refractivity contribution in [1.82, 2.24) is 9.55 Å². The minimum atomic E-state index is -5.33. The summed E-state index contributed by atoms with van der Waals surface area (Å²) in [6.45, 7) is 0.684. The zero-order valence-electron chi connectivity index (χ0n) is 21.5. The van der Waals surface area contributed by atoms with Gasteiger partial charge in [-0.15, -0.1) is 0 Å². The van der Waals surface area contributed by atoms with Gasteiger partial charge < -0.3 is 49.9 Å². The Morgan fingerprint density at radius 3 is 2.41 bits per heavy atom. The van der Waals surface area contributed by atoms with E-state index in [-0.39, 0.29) is 12.2 Å². The molecule has 0 bridgehead atoms. The highest BCUT2D eigenvalue weighted by atomic mass is 31.2. The molecule has 41 heavy (non-hydrogen) atoms. The molecule has 2 aliphatic heterocycles. The number of aliphatic hydroxyl groups excluding tert-OH is 3. The average molecular weight is 623 g/mol. The topological polar surface area (TPSA) is 263 Å². The number of hydrogen-bond acceptors (Lipinski definition) is 13. The molecular formula is C22H31N3O14P2. The zero-order valence-corrected chi connectivity index (χ0v) is 23.3. The Balaban J connectivity index is 1.44. The number of nitrogens with two attached hydrogens (primary N) is 1. The number of aromatic nitrogens is 2. The first-order valence-corrected chi connectivity index (χ1v) is 15.5. The molecule has 2 fully saturated rings. The van der Waals surface area contributed by atoms with Crippen molar-refractivity contribution in [2.24, 2.45) is 5.92 Å². The van der Waals surface area contributed by atoms with E-state index in [0.717, 1.165) is 10.8 Å². The summed E-state index contributed by atoms with van der Waals surface area (Å²) in [5.41, 5.74) is 4.54. The van der Waals surface area contributed by atoms with Gasteiger partial charge in [-0.3, -0.25) is 18.2 Å². The lowest BCUT2D eigenvalue weighted by Crippen LogP contribution is -2.49. The van der Waals surface area contributed by atoms with Crippen LogP contribution in [0.2, 0.25) is 0 Å². The molecule has 2 saturated heterocycles. The number of nitrogens with zero attached hydrogens (tertiary/aromatic N) is 2. The molecule has 10 atom stereocenters. The van der Waals surface area contributed by atoms with Crippen molar-refractivity contribution < 1.29 is 62.4 Å². The van der Waals surface area contributed by atoms with Crippen molar-refractivity contribution in [2.75, 3.05) is 12.3 Å². The maximum absolute atomic E-state index is 12.8. The van der Waals surface area contributed by atoms with Gasteiger partial charge in [-0.05, 0) is 18.2 Å². The van der Waals surface area contributed by atoms with Crippen molar-refractivity contribution in [3.63, 3.8) is 0 Å². The summed E-state index contributed by atoms with van der Waals surface area (Å²) >= 11 is 0. The minimum Gasteiger partial charge on any atom is -0.465 e. The fourth-order valence-electron chi connectivity index (χ4n) is 4.33. The molecule has 0 amide bonds. The Bertz CT molecular complexity index is 1340. The van der Waals surface area contributed by atoms with E-state index < -0.39 is 82.5 Å². The molecule has 0 radical (unpaired) electrons. The first kappa shape index (κ1) is 31.7. The third-order valence-corrected chi connectivity index (χ3v) is 8.81. The second-order valence-corrected chi connectivity index (χ2v) is 12.7. The molecule has 228 valence electrons. The van der Waals surface area contributed by atoms with Crippen LogP contribution in [-0.2, 0) is 27.7 Å². The van der Waals surface area contributed by atoms with Crippen LogP contribution in [0.1, 0.15) is 19.6 Å². The molecule has 0 aliphatic carbocycles. The number of phosphoric ester groups is 1. The number of para-hydroxylation sites is 1. The second kappa shape index (κ2) is 12.6. The van der Waals surface area contributed by atoms with Gasteiger partial charge in [-0.25, -0.2) is 9.36 Å². The molecule has 4 rings (SSSR count). The molecule has 19 heteroatoms. The average Bonchev–Trinajstić information content (AvgIpc) is 3.17. The summed E-state index contributed by atoms with van der Waals surface area (Å²) in [5, 5.41) is 31.2. The third kappa shape index (κ3) is 7.59. The SMILES string of the molecule is C[C@H]1C(Oc2ccccc2)O[C@@H](C(OP(=O)(O)OC[C@H]2O[C@@H](n3ccc(N)nc3=O)C(O)[C@H]2O)P(=O)(O)O)C[C@H]1O. The standard InChI is InChI=1S/C22H31N3O14P2/c1-11-13(26)9-14(38-20(11)36-12-5-3-2-4-6-12)21(40(30,31)32)39-41(33,34)35-10-15-17(27)18(28)19(37-15)25-8-7-16(23)24-22(25)29/h2-8,11,13-15,17-21,26-28H,9-10H2,1H3,(H,33,34)(H2,23,24,29)(H2,30,31,32)/t11-,13-,14-,15-,17+,18?,19-,20?,21?/m1/s1. The van der Waals surface area contributed by atoms with Crippen molar-refractivity contribution in [3.05, 3.63) is 53.1 Å². The molecule has 1 aromatic carbocycles. The summed E-state index contributed by atoms with van der Waals surface area (Å²) in [4.78, 5) is 45.8. The van der Waals surface area contributed by atoms with Gasteiger partial charge in [0.15, 0.2) is 12.1 Å². The largest absolute Gasteiger partial charge is 0.473 e. The van der Waals surface area contributed by atoms with Crippen LogP contribution in [0.4, 0.5) is 5.82 Å². The number of anilines is 1. The maximum Gasteiger partial charge on any atom is 0.473 e. The van der Waals surface area contributed by atoms with Crippen LogP contribution in [0.5, 0.6) is 5.75 Å². The van der Waals surface area contributed by atoms with Crippen LogP contribution in [0.25, 0.3) is 0 Å². The number of rotatable bonds is 10. The Kier molecular flexibility index (Phi) is 9.70. The van der Waals surface area contributed by atoms with Gasteiger partial charge in [-0.1, -0.05) is 25.1 Å². The lowest BCUT2D eigenvalue weighted by molar-refractivity contribution is -0.219. The van der Waals surface area contributed by atoms with Crippen molar-refractivity contribution in [1.29, 1.82) is 0 Å². The Hall–Kier alpha value is -2.24. The van der Waals surface area contributed by atoms with Gasteiger partial charge in [0.05, 0.1) is 12.7 Å². The predicted molar refractivity (Wildman–Crippen MR) is 137 cm³/mol. The lowest BCUT2D eigenvalue weighted by atomic mass is 9.95. The van der Waals surface area contributed by atoms with Crippen molar-refractivity contribution in [3.8, 4) is 5.75 Å². The van der Waals surface area contributed by atoms with E-state index in [4.69, 9.17) is 29.0 Å². The Labute approximate surface area is 232 Å². The molecular weight excluding hydrogens is 592 g/mol. The lowest BCUT2D eigenvalue weighted by Gasteiger charge is -2.40. The first-order valence-electron chi connectivity index (χ1n) is 12.3. The second-order valence-electron chi connectivity index (χ2n) is 9.57. The molecule has 4 unspecified atom stereocenters. The van der Waals surface area contributed by atoms with E-state index in [1.165, 1.54) is 6.07 Å². The number of hydrogen-bond donors (Lipinski definition) is 7. The van der Waals surface area contributed by atoms with E-state index in [9.17, 15) is 43.9 Å². The number of ether oxygens (including phenoxy) is 3. The number of phosphoric acid groups is 1. The third-order valence-electron chi connectivity index (χ3n) is 6.57. The summed E-state index contributed by atoms with van der Waals surface area (Å²) < 4.78 is 52.4. The van der Waals surface area contributed by atoms with Crippen LogP contribution >= 0.6 is 15.4 Å². The molecule has 2 aromatic rings. The van der Waals surface area contributed by atoms with Gasteiger partial charge in [0, 0.05) is 18.5 Å². The van der Waals surface area contributed by atoms with Gasteiger partial charge in [-0.2, -0.15) is 4.98 Å². The van der Waals surface area contributed by atoms with Crippen LogP contribution in [0, 0.1) is 5.92 Å². The summed E-state index contributed by atoms with van der Waals surface area (Å²) in [6, 6.07) is 9.52. The number of benzene rings is 1. The molecule has 3 heterocycles. The molecule has 17 nitrogen and oxygen atoms in total. The van der Waals surface area contributed by atoms with Crippen LogP contribution in [0.3, 0.4) is 0 Å². The van der Waals surface area contributed by atoms with Gasteiger partial charge in [0.1, 0.15) is 36.0 Å². The number of aliphatic hydroxyl groups is 3. The van der Waals surface area contributed by atoms with Crippen LogP contribution < -0.4 is 16.2 Å². The van der Waals surface area contributed by atoms with E-state index in [1.54, 1.807) is 37.3 Å². The van der Waals surface area contributed by atoms with Gasteiger partial charge in [0.25, 0.3) is 0 Å². The zero-order chi connectivity index (χ0) is 30.1. The Morgan fingerprint density at radius 1 is 1.10 bits per heavy atom. The highest BCUT2D eigenvalue weighted by Gasteiger charge is 2.50. The van der Waals surface area contributed by atoms with Gasteiger partial charge >= 0.3 is 21.1 Å². The van der Waals surface area contributed by atoms with Crippen LogP contribution in [-0.4, -0.2) is 88.8 Å². The fraction of sp³-hybridized carbons (Fsp3) is 0.545. The van der Waals surface area contributed by atoms with E-state index in [1.807, 2.05) is 0 Å². The fourth-order valence-corrected chi connectivity index (χ4v) is 6.61. The van der Waals surface area contributed by atoms with Crippen molar-refractivity contribution >= 4 is 21.2 Å². The van der Waals surface area contributed by atoms with Crippen molar-refractivity contribution in [2.45, 2.75) is 62.2 Å². The molecule has 0 saturated carbocycles. The van der Waals surface area contributed by atoms with E-state index in [0.29, 0.717) is 5.75 Å². The number of nitrogen functional groups attached to an aromatic ring is 1.